The summed E-state index contributed by atoms with van der Waals surface area (Å²) >= 11 is 0. The minimum atomic E-state index is -0.651. The molecule has 0 aliphatic heterocycles. The van der Waals surface area contributed by atoms with E-state index in [2.05, 4.69) is 6.92 Å². The number of aliphatic carboxylic acids is 1. The van der Waals surface area contributed by atoms with E-state index in [1.54, 1.807) is 0 Å². The van der Waals surface area contributed by atoms with E-state index >= 15 is 0 Å². The van der Waals surface area contributed by atoms with E-state index in [1.807, 2.05) is 0 Å². The summed E-state index contributed by atoms with van der Waals surface area (Å²) in [6.07, 6.45) is 26.1. The molecule has 0 fully saturated rings. The zero-order valence-electron chi connectivity index (χ0n) is 20.5. The Balaban J connectivity index is -0.000000441. The summed E-state index contributed by atoms with van der Waals surface area (Å²) in [5.41, 5.74) is 0. The van der Waals surface area contributed by atoms with E-state index in [1.165, 1.54) is 109 Å². The van der Waals surface area contributed by atoms with Gasteiger partial charge in [0, 0.05) is 6.42 Å². The smallest absolute Gasteiger partial charge is 1.00 e. The van der Waals surface area contributed by atoms with Gasteiger partial charge in [-0.25, -0.2) is 0 Å². The molecule has 0 aromatic rings. The van der Waals surface area contributed by atoms with Crippen LogP contribution in [0.25, 0.3) is 0 Å². The number of carbonyl (C=O) groups is 1. The molecule has 148 valence electrons. The van der Waals surface area contributed by atoms with Gasteiger partial charge in [0.05, 0.1) is 0 Å². The van der Waals surface area contributed by atoms with Crippen molar-refractivity contribution in [1.82, 2.24) is 0 Å². The Morgan fingerprint density at radius 2 is 0.769 bits per heavy atom. The molecule has 26 heavy (non-hydrogen) atoms. The van der Waals surface area contributed by atoms with E-state index in [0.29, 0.717) is 6.42 Å². The van der Waals surface area contributed by atoms with Crippen LogP contribution < -0.4 is 59.1 Å². The minimum absolute atomic E-state index is 0. The van der Waals surface area contributed by atoms with Gasteiger partial charge in [-0.3, -0.25) is 4.79 Å². The summed E-state index contributed by atoms with van der Waals surface area (Å²) in [4.78, 5) is 10.4. The Kier molecular flexibility index (Phi) is 35.5. The van der Waals surface area contributed by atoms with Crippen LogP contribution in [0.5, 0.6) is 0 Å². The maximum atomic E-state index is 10.4. The van der Waals surface area contributed by atoms with Gasteiger partial charge in [0.2, 0.25) is 0 Å². The average molecular weight is 389 g/mol. The van der Waals surface area contributed by atoms with Gasteiger partial charge >= 0.3 is 65.1 Å². The van der Waals surface area contributed by atoms with Crippen LogP contribution in [0.3, 0.4) is 0 Å². The molecule has 1 N–H and O–H groups in total. The van der Waals surface area contributed by atoms with Crippen molar-refractivity contribution in [1.29, 1.82) is 0 Å². The molecule has 0 saturated carbocycles. The number of rotatable bonds is 20. The van der Waals surface area contributed by atoms with E-state index in [4.69, 9.17) is 5.11 Å². The van der Waals surface area contributed by atoms with E-state index in [0.717, 1.165) is 12.8 Å². The van der Waals surface area contributed by atoms with Crippen molar-refractivity contribution < 1.29 is 71.9 Å². The van der Waals surface area contributed by atoms with E-state index < -0.39 is 5.97 Å². The first-order chi connectivity index (χ1) is 11.8. The van der Waals surface area contributed by atoms with Gasteiger partial charge in [0.25, 0.3) is 0 Å². The molecule has 0 unspecified atom stereocenters. The van der Waals surface area contributed by atoms with E-state index in [-0.39, 0.29) is 62.0 Å². The largest absolute Gasteiger partial charge is 1.00 e. The van der Waals surface area contributed by atoms with Crippen LogP contribution in [0.4, 0.5) is 0 Å². The monoisotopic (exact) mass is 388 g/mol. The summed E-state index contributed by atoms with van der Waals surface area (Å²) in [5, 5.41) is 8.56. The second-order valence-electron chi connectivity index (χ2n) is 7.51. The van der Waals surface area contributed by atoms with Gasteiger partial charge in [0.1, 0.15) is 0 Å². The van der Waals surface area contributed by atoms with Crippen LogP contribution in [0.2, 0.25) is 0 Å². The molecule has 4 heteroatoms. The van der Waals surface area contributed by atoms with Crippen molar-refractivity contribution in [3.8, 4) is 0 Å². The molecular weight excluding hydrogens is 342 g/mol. The quantitative estimate of drug-likeness (QED) is 0.256. The van der Waals surface area contributed by atoms with Gasteiger partial charge in [-0.15, -0.1) is 0 Å². The molecule has 0 amide bonds. The van der Waals surface area contributed by atoms with Gasteiger partial charge in [-0.2, -0.15) is 0 Å². The van der Waals surface area contributed by atoms with Crippen LogP contribution in [0.15, 0.2) is 0 Å². The normalized spacial score (nSPS) is 10.2. The van der Waals surface area contributed by atoms with Crippen molar-refractivity contribution in [2.24, 2.45) is 0 Å². The standard InChI is InChI=1S/C22H44O2.2Na.2H/c1-2-3-4-5-6-7-8-9-10-11-12-13-14-15-16-17-18-19-20-21-22(23)24;;;;/h2-21H2,1H3,(H,23,24);;;;/q;2*+1;2*-1. The molecule has 0 rings (SSSR count). The summed E-state index contributed by atoms with van der Waals surface area (Å²) in [6, 6.07) is 0. The van der Waals surface area contributed by atoms with Crippen molar-refractivity contribution in [3.05, 3.63) is 0 Å². The number of carboxylic acid groups (broad SMARTS) is 1. The van der Waals surface area contributed by atoms with Crippen LogP contribution in [-0.2, 0) is 4.79 Å². The molecule has 0 saturated heterocycles. The second-order valence-corrected chi connectivity index (χ2v) is 7.51. The fourth-order valence-electron chi connectivity index (χ4n) is 3.35. The minimum Gasteiger partial charge on any atom is -1.00 e. The van der Waals surface area contributed by atoms with Crippen LogP contribution in [-0.4, -0.2) is 11.1 Å². The fourth-order valence-corrected chi connectivity index (χ4v) is 3.35. The fraction of sp³-hybridized carbons (Fsp3) is 0.955. The molecule has 0 radical (unpaired) electrons. The third-order valence-electron chi connectivity index (χ3n) is 4.99. The molecule has 0 aliphatic carbocycles. The molecule has 0 atom stereocenters. The number of unbranched alkanes of at least 4 members (excludes halogenated alkanes) is 18. The summed E-state index contributed by atoms with van der Waals surface area (Å²) in [6.45, 7) is 2.28. The molecule has 0 aliphatic rings. The maximum Gasteiger partial charge on any atom is 1.00 e. The topological polar surface area (TPSA) is 37.3 Å². The zero-order valence-corrected chi connectivity index (χ0v) is 22.5. The Bertz CT molecular complexity index is 271. The summed E-state index contributed by atoms with van der Waals surface area (Å²) in [5.74, 6) is -0.651. The molecule has 0 heterocycles. The predicted molar refractivity (Wildman–Crippen MR) is 108 cm³/mol. The number of carboxylic acids is 1. The van der Waals surface area contributed by atoms with Gasteiger partial charge < -0.3 is 7.96 Å². The maximum absolute atomic E-state index is 10.4. The summed E-state index contributed by atoms with van der Waals surface area (Å²) < 4.78 is 0. The van der Waals surface area contributed by atoms with Crippen LogP contribution >= 0.6 is 0 Å². The van der Waals surface area contributed by atoms with Crippen molar-refractivity contribution in [2.75, 3.05) is 0 Å². The van der Waals surface area contributed by atoms with Crippen LogP contribution in [0, 0.1) is 0 Å². The average Bonchev–Trinajstić information content (AvgIpc) is 2.56. The predicted octanol–water partition coefficient (Wildman–Crippen LogP) is 2.13. The van der Waals surface area contributed by atoms with Gasteiger partial charge in [-0.1, -0.05) is 122 Å². The first-order valence-corrected chi connectivity index (χ1v) is 11.0. The van der Waals surface area contributed by atoms with E-state index in [9.17, 15) is 4.79 Å². The van der Waals surface area contributed by atoms with Crippen molar-refractivity contribution in [3.63, 3.8) is 0 Å². The summed E-state index contributed by atoms with van der Waals surface area (Å²) in [7, 11) is 0. The molecule has 0 aromatic carbocycles. The Morgan fingerprint density at radius 1 is 0.538 bits per heavy atom. The first-order valence-electron chi connectivity index (χ1n) is 11.0. The van der Waals surface area contributed by atoms with Gasteiger partial charge in [0.15, 0.2) is 0 Å². The first kappa shape index (κ1) is 32.1. The SMILES string of the molecule is CCCCCCCCCCCCCCCCCCCCCC(=O)O.[H-].[H-].[Na+].[Na+]. The third-order valence-corrected chi connectivity index (χ3v) is 4.99. The molecule has 0 bridgehead atoms. The van der Waals surface area contributed by atoms with Crippen LogP contribution in [0.1, 0.15) is 138 Å². The Labute approximate surface area is 211 Å². The zero-order chi connectivity index (χ0) is 17.7. The third kappa shape index (κ3) is 30.2. The molecule has 2 nitrogen and oxygen atoms in total. The second kappa shape index (κ2) is 28.7. The number of hydrogen-bond acceptors (Lipinski definition) is 1. The van der Waals surface area contributed by atoms with Crippen molar-refractivity contribution >= 4 is 5.97 Å². The van der Waals surface area contributed by atoms with Crippen molar-refractivity contribution in [2.45, 2.75) is 135 Å². The number of hydrogen-bond donors (Lipinski definition) is 1. The Morgan fingerprint density at radius 3 is 1.00 bits per heavy atom. The Hall–Kier alpha value is 1.47. The molecular formula is C22H46Na2O2. The molecule has 0 aromatic heterocycles. The van der Waals surface area contributed by atoms with Gasteiger partial charge in [-0.05, 0) is 6.42 Å². The molecule has 0 spiro atoms.